The highest BCUT2D eigenvalue weighted by molar-refractivity contribution is 5.11. The van der Waals surface area contributed by atoms with Crippen molar-refractivity contribution in [2.45, 2.75) is 27.7 Å². The molecular formula is C15H21N. The maximum Gasteiger partial charge on any atom is 0.0372 e. The molecule has 0 radical (unpaired) electrons. The Morgan fingerprint density at radius 1 is 0.750 bits per heavy atom. The average molecular weight is 215 g/mol. The number of hydrogen-bond donors (Lipinski definition) is 0. The molecule has 0 unspecified atom stereocenters. The summed E-state index contributed by atoms with van der Waals surface area (Å²) in [4.78, 5) is 3.98. The van der Waals surface area contributed by atoms with Gasteiger partial charge in [0.2, 0.25) is 0 Å². The van der Waals surface area contributed by atoms with Crippen molar-refractivity contribution in [3.63, 3.8) is 0 Å². The van der Waals surface area contributed by atoms with E-state index in [4.69, 9.17) is 0 Å². The highest BCUT2D eigenvalue weighted by Crippen LogP contribution is 1.92. The van der Waals surface area contributed by atoms with Gasteiger partial charge in [0, 0.05) is 11.9 Å². The molecule has 86 valence electrons. The molecule has 0 spiro atoms. The summed E-state index contributed by atoms with van der Waals surface area (Å²) in [5, 5.41) is 0. The molecule has 1 aromatic heterocycles. The molecule has 2 rings (SSSR count). The third kappa shape index (κ3) is 7.74. The largest absolute Gasteiger partial charge is 0.262 e. The summed E-state index contributed by atoms with van der Waals surface area (Å²) in [6.45, 7) is 8.06. The smallest absolute Gasteiger partial charge is 0.0372 e. The molecule has 16 heavy (non-hydrogen) atoms. The van der Waals surface area contributed by atoms with Gasteiger partial charge in [0.25, 0.3) is 0 Å². The van der Waals surface area contributed by atoms with E-state index in [0.29, 0.717) is 0 Å². The van der Waals surface area contributed by atoms with Crippen LogP contribution in [-0.2, 0) is 0 Å². The summed E-state index contributed by atoms with van der Waals surface area (Å²) < 4.78 is 0. The van der Waals surface area contributed by atoms with Crippen LogP contribution in [0, 0.1) is 13.8 Å². The lowest BCUT2D eigenvalue weighted by Crippen LogP contribution is -1.72. The molecule has 0 aliphatic rings. The highest BCUT2D eigenvalue weighted by Gasteiger charge is 1.73. The number of pyridine rings is 1. The summed E-state index contributed by atoms with van der Waals surface area (Å²) in [6.07, 6.45) is 1.79. The van der Waals surface area contributed by atoms with Crippen molar-refractivity contribution >= 4 is 0 Å². The minimum atomic E-state index is 1.07. The van der Waals surface area contributed by atoms with Crippen molar-refractivity contribution in [1.29, 1.82) is 0 Å². The van der Waals surface area contributed by atoms with E-state index in [2.05, 4.69) is 24.0 Å². The van der Waals surface area contributed by atoms with E-state index in [9.17, 15) is 0 Å². The van der Waals surface area contributed by atoms with Crippen LogP contribution in [0.2, 0.25) is 0 Å². The molecule has 1 heterocycles. The number of rotatable bonds is 0. The van der Waals surface area contributed by atoms with Crippen molar-refractivity contribution in [2.75, 3.05) is 0 Å². The Bertz CT molecular complexity index is 303. The van der Waals surface area contributed by atoms with E-state index in [1.165, 1.54) is 5.56 Å². The quantitative estimate of drug-likeness (QED) is 0.634. The minimum Gasteiger partial charge on any atom is -0.262 e. The van der Waals surface area contributed by atoms with E-state index in [1.807, 2.05) is 57.2 Å². The Hall–Kier alpha value is -1.63. The summed E-state index contributed by atoms with van der Waals surface area (Å²) in [7, 11) is 0. The molecule has 1 nitrogen and oxygen atoms in total. The molecule has 1 heteroatoms. The van der Waals surface area contributed by atoms with Gasteiger partial charge in [0.1, 0.15) is 0 Å². The predicted octanol–water partition coefficient (Wildman–Crippen LogP) is 4.41. The molecule has 2 aromatic rings. The summed E-state index contributed by atoms with van der Waals surface area (Å²) in [5.41, 5.74) is 2.39. The van der Waals surface area contributed by atoms with E-state index in [1.54, 1.807) is 6.20 Å². The monoisotopic (exact) mass is 215 g/mol. The standard InChI is InChI=1S/C7H8.C6H7N.C2H6/c1-7-5-3-2-4-6-7;1-6-4-2-3-5-7-6;1-2/h2-6H,1H3;2-5H,1H3;1-2H3. The molecular weight excluding hydrogens is 194 g/mol. The Balaban J connectivity index is 0.000000244. The minimum absolute atomic E-state index is 1.07. The van der Waals surface area contributed by atoms with Gasteiger partial charge in [0.05, 0.1) is 0 Å². The van der Waals surface area contributed by atoms with Crippen LogP contribution in [0.25, 0.3) is 0 Å². The zero-order valence-electron chi connectivity index (χ0n) is 10.6. The van der Waals surface area contributed by atoms with E-state index < -0.39 is 0 Å². The normalized spacial score (nSPS) is 8.00. The van der Waals surface area contributed by atoms with Gasteiger partial charge in [-0.1, -0.05) is 55.8 Å². The number of aromatic nitrogens is 1. The fraction of sp³-hybridized carbons (Fsp3) is 0.267. The van der Waals surface area contributed by atoms with Crippen LogP contribution < -0.4 is 0 Å². The van der Waals surface area contributed by atoms with E-state index in [-0.39, 0.29) is 0 Å². The third-order valence-electron chi connectivity index (χ3n) is 1.75. The Morgan fingerprint density at radius 3 is 1.56 bits per heavy atom. The summed E-state index contributed by atoms with van der Waals surface area (Å²) in [5.74, 6) is 0. The van der Waals surface area contributed by atoms with Crippen LogP contribution in [0.4, 0.5) is 0 Å². The maximum absolute atomic E-state index is 3.98. The van der Waals surface area contributed by atoms with Crippen molar-refractivity contribution in [3.8, 4) is 0 Å². The molecule has 0 aliphatic carbocycles. The molecule has 0 N–H and O–H groups in total. The van der Waals surface area contributed by atoms with Crippen LogP contribution >= 0.6 is 0 Å². The van der Waals surface area contributed by atoms with Crippen molar-refractivity contribution in [3.05, 3.63) is 66.0 Å². The second-order valence-corrected chi connectivity index (χ2v) is 3.13. The average Bonchev–Trinajstić information content (AvgIpc) is 2.34. The molecule has 1 aromatic carbocycles. The molecule has 0 fully saturated rings. The Morgan fingerprint density at radius 2 is 1.31 bits per heavy atom. The first-order valence-corrected chi connectivity index (χ1v) is 5.68. The van der Waals surface area contributed by atoms with Gasteiger partial charge in [-0.25, -0.2) is 0 Å². The van der Waals surface area contributed by atoms with Crippen LogP contribution in [0.15, 0.2) is 54.7 Å². The second kappa shape index (κ2) is 9.91. The Kier molecular flexibility index (Phi) is 8.90. The van der Waals surface area contributed by atoms with E-state index >= 15 is 0 Å². The molecule has 0 saturated heterocycles. The lowest BCUT2D eigenvalue weighted by Gasteiger charge is -1.82. The first-order chi connectivity index (χ1) is 7.79. The lowest BCUT2D eigenvalue weighted by molar-refractivity contribution is 1.20. The number of nitrogens with zero attached hydrogens (tertiary/aromatic N) is 1. The first-order valence-electron chi connectivity index (χ1n) is 5.68. The van der Waals surface area contributed by atoms with Crippen LogP contribution in [0.5, 0.6) is 0 Å². The molecule has 0 amide bonds. The zero-order chi connectivity index (χ0) is 12.2. The topological polar surface area (TPSA) is 12.9 Å². The van der Waals surface area contributed by atoms with Gasteiger partial charge in [0.15, 0.2) is 0 Å². The molecule has 0 bridgehead atoms. The fourth-order valence-corrected chi connectivity index (χ4v) is 0.983. The fourth-order valence-electron chi connectivity index (χ4n) is 0.983. The number of benzene rings is 1. The number of aryl methyl sites for hydroxylation is 2. The first kappa shape index (κ1) is 14.4. The van der Waals surface area contributed by atoms with Gasteiger partial charge in [-0.3, -0.25) is 4.98 Å². The predicted molar refractivity (Wildman–Crippen MR) is 71.5 cm³/mol. The van der Waals surface area contributed by atoms with Crippen LogP contribution in [0.3, 0.4) is 0 Å². The zero-order valence-corrected chi connectivity index (χ0v) is 10.6. The molecule has 0 atom stereocenters. The van der Waals surface area contributed by atoms with Crippen LogP contribution in [0.1, 0.15) is 25.1 Å². The van der Waals surface area contributed by atoms with Gasteiger partial charge in [-0.05, 0) is 26.0 Å². The van der Waals surface area contributed by atoms with Crippen LogP contribution in [-0.4, -0.2) is 4.98 Å². The van der Waals surface area contributed by atoms with Gasteiger partial charge >= 0.3 is 0 Å². The van der Waals surface area contributed by atoms with Crippen molar-refractivity contribution in [1.82, 2.24) is 4.98 Å². The second-order valence-electron chi connectivity index (χ2n) is 3.13. The van der Waals surface area contributed by atoms with Gasteiger partial charge in [-0.2, -0.15) is 0 Å². The van der Waals surface area contributed by atoms with E-state index in [0.717, 1.165) is 5.69 Å². The van der Waals surface area contributed by atoms with Crippen molar-refractivity contribution in [2.24, 2.45) is 0 Å². The summed E-state index contributed by atoms with van der Waals surface area (Å²) >= 11 is 0. The maximum atomic E-state index is 3.98. The van der Waals surface area contributed by atoms with Gasteiger partial charge < -0.3 is 0 Å². The van der Waals surface area contributed by atoms with Crippen molar-refractivity contribution < 1.29 is 0 Å². The Labute approximate surface area is 99.2 Å². The lowest BCUT2D eigenvalue weighted by atomic mass is 10.2. The SMILES string of the molecule is CC.Cc1ccccc1.Cc1ccccn1. The van der Waals surface area contributed by atoms with Gasteiger partial charge in [-0.15, -0.1) is 0 Å². The third-order valence-corrected chi connectivity index (χ3v) is 1.75. The summed E-state index contributed by atoms with van der Waals surface area (Å²) in [6, 6.07) is 16.1. The molecule has 0 saturated carbocycles. The molecule has 0 aliphatic heterocycles. The number of hydrogen-bond acceptors (Lipinski definition) is 1. The highest BCUT2D eigenvalue weighted by atomic mass is 14.6.